The summed E-state index contributed by atoms with van der Waals surface area (Å²) >= 11 is 0. The number of nitrogens with two attached hydrogens (primary N) is 1. The zero-order valence-electron chi connectivity index (χ0n) is 8.84. The first-order chi connectivity index (χ1) is 5.83. The maximum Gasteiger partial charge on any atom is 0.126 e. The Hall–Kier alpha value is -0.120. The van der Waals surface area contributed by atoms with Gasteiger partial charge in [-0.2, -0.15) is 0 Å². The highest BCUT2D eigenvalue weighted by Crippen LogP contribution is 2.27. The summed E-state index contributed by atoms with van der Waals surface area (Å²) in [5, 5.41) is 9.83. The third-order valence-corrected chi connectivity index (χ3v) is 2.60. The van der Waals surface area contributed by atoms with Gasteiger partial charge in [0.25, 0.3) is 0 Å². The van der Waals surface area contributed by atoms with E-state index in [4.69, 9.17) is 10.5 Å². The highest BCUT2D eigenvalue weighted by atomic mass is 16.5. The molecule has 0 amide bonds. The molecule has 0 spiro atoms. The minimum absolute atomic E-state index is 0.138. The molecule has 0 aromatic heterocycles. The van der Waals surface area contributed by atoms with Gasteiger partial charge in [-0.25, -0.2) is 0 Å². The first-order valence-corrected chi connectivity index (χ1v) is 4.89. The average Bonchev–Trinajstić information content (AvgIpc) is 1.94. The van der Waals surface area contributed by atoms with Gasteiger partial charge in [0.1, 0.15) is 5.60 Å². The monoisotopic (exact) mass is 187 g/mol. The highest BCUT2D eigenvalue weighted by Gasteiger charge is 2.41. The van der Waals surface area contributed by atoms with Crippen molar-refractivity contribution in [2.24, 2.45) is 11.1 Å². The summed E-state index contributed by atoms with van der Waals surface area (Å²) in [6, 6.07) is -0.138. The van der Waals surface area contributed by atoms with E-state index in [0.717, 1.165) is 12.8 Å². The smallest absolute Gasteiger partial charge is 0.126 e. The van der Waals surface area contributed by atoms with Crippen LogP contribution in [0, 0.1) is 5.41 Å². The van der Waals surface area contributed by atoms with E-state index in [-0.39, 0.29) is 6.04 Å². The molecular weight excluding hydrogens is 166 g/mol. The van der Waals surface area contributed by atoms with Crippen molar-refractivity contribution in [3.05, 3.63) is 0 Å². The van der Waals surface area contributed by atoms with Crippen LogP contribution in [0.5, 0.6) is 0 Å². The van der Waals surface area contributed by atoms with Crippen LogP contribution < -0.4 is 5.73 Å². The molecule has 78 valence electrons. The van der Waals surface area contributed by atoms with Crippen LogP contribution in [0.25, 0.3) is 0 Å². The Bertz CT molecular complexity index is 170. The van der Waals surface area contributed by atoms with Crippen LogP contribution >= 0.6 is 0 Å². The van der Waals surface area contributed by atoms with Crippen LogP contribution in [-0.2, 0) is 4.74 Å². The Labute approximate surface area is 80.3 Å². The number of hydrogen-bond donors (Lipinski definition) is 2. The van der Waals surface area contributed by atoms with Crippen molar-refractivity contribution in [2.75, 3.05) is 13.2 Å². The third-order valence-electron chi connectivity index (χ3n) is 2.60. The molecule has 1 unspecified atom stereocenters. The Balaban J connectivity index is 2.29. The van der Waals surface area contributed by atoms with E-state index in [9.17, 15) is 5.11 Å². The van der Waals surface area contributed by atoms with Crippen molar-refractivity contribution in [3.63, 3.8) is 0 Å². The first-order valence-electron chi connectivity index (χ1n) is 4.89. The van der Waals surface area contributed by atoms with Crippen LogP contribution in [0.2, 0.25) is 0 Å². The van der Waals surface area contributed by atoms with Gasteiger partial charge in [0.05, 0.1) is 13.2 Å². The molecule has 3 nitrogen and oxygen atoms in total. The second-order valence-corrected chi connectivity index (χ2v) is 5.30. The van der Waals surface area contributed by atoms with E-state index in [1.807, 2.05) is 0 Å². The molecule has 0 aromatic carbocycles. The summed E-state index contributed by atoms with van der Waals surface area (Å²) in [5.41, 5.74) is 5.44. The molecule has 3 heteroatoms. The largest absolute Gasteiger partial charge is 0.383 e. The Morgan fingerprint density at radius 2 is 2.00 bits per heavy atom. The van der Waals surface area contributed by atoms with Gasteiger partial charge in [-0.05, 0) is 18.3 Å². The molecule has 1 saturated heterocycles. The number of rotatable bonds is 3. The third kappa shape index (κ3) is 2.93. The normalized spacial score (nSPS) is 23.8. The molecule has 3 N–H and O–H groups in total. The fraction of sp³-hybridized carbons (Fsp3) is 1.00. The lowest BCUT2D eigenvalue weighted by molar-refractivity contribution is -0.190. The molecule has 1 atom stereocenters. The van der Waals surface area contributed by atoms with E-state index in [2.05, 4.69) is 20.8 Å². The summed E-state index contributed by atoms with van der Waals surface area (Å²) in [4.78, 5) is 0. The molecule has 1 rings (SSSR count). The van der Waals surface area contributed by atoms with Crippen molar-refractivity contribution >= 4 is 0 Å². The molecule has 0 aliphatic carbocycles. The molecule has 0 radical (unpaired) electrons. The van der Waals surface area contributed by atoms with Crippen molar-refractivity contribution in [1.29, 1.82) is 0 Å². The van der Waals surface area contributed by atoms with E-state index >= 15 is 0 Å². The zero-order valence-corrected chi connectivity index (χ0v) is 8.84. The van der Waals surface area contributed by atoms with Gasteiger partial charge in [-0.15, -0.1) is 0 Å². The van der Waals surface area contributed by atoms with Gasteiger partial charge < -0.3 is 15.6 Å². The minimum atomic E-state index is -0.745. The lowest BCUT2D eigenvalue weighted by Gasteiger charge is -2.41. The number of hydrogen-bond acceptors (Lipinski definition) is 3. The van der Waals surface area contributed by atoms with E-state index in [0.29, 0.717) is 18.6 Å². The van der Waals surface area contributed by atoms with Gasteiger partial charge in [-0.1, -0.05) is 20.8 Å². The Morgan fingerprint density at radius 1 is 1.46 bits per heavy atom. The Morgan fingerprint density at radius 3 is 2.31 bits per heavy atom. The highest BCUT2D eigenvalue weighted by molar-refractivity contribution is 4.95. The van der Waals surface area contributed by atoms with Crippen molar-refractivity contribution < 1.29 is 9.84 Å². The summed E-state index contributed by atoms with van der Waals surface area (Å²) in [6.07, 6.45) is 1.90. The summed E-state index contributed by atoms with van der Waals surface area (Å²) in [6.45, 7) is 7.35. The van der Waals surface area contributed by atoms with Gasteiger partial charge in [0, 0.05) is 6.04 Å². The zero-order chi connectivity index (χ0) is 10.1. The maximum absolute atomic E-state index is 9.83. The second-order valence-electron chi connectivity index (χ2n) is 5.30. The van der Waals surface area contributed by atoms with Crippen LogP contribution in [-0.4, -0.2) is 30.0 Å². The SMILES string of the molecule is CC(C)(C)CCC(N)C1(O)COC1. The first kappa shape index (κ1) is 11.0. The second kappa shape index (κ2) is 3.56. The van der Waals surface area contributed by atoms with E-state index in [1.54, 1.807) is 0 Å². The Kier molecular flexibility index (Phi) is 3.00. The predicted octanol–water partition coefficient (Wildman–Crippen LogP) is 0.901. The molecule has 0 saturated carbocycles. The molecular formula is C10H21NO2. The molecule has 1 aliphatic rings. The molecule has 1 fully saturated rings. The predicted molar refractivity (Wildman–Crippen MR) is 52.4 cm³/mol. The molecule has 0 aromatic rings. The van der Waals surface area contributed by atoms with E-state index < -0.39 is 5.60 Å². The fourth-order valence-corrected chi connectivity index (χ4v) is 1.38. The standard InChI is InChI=1S/C10H21NO2/c1-9(2,3)5-4-8(11)10(12)6-13-7-10/h8,12H,4-7,11H2,1-3H3. The van der Waals surface area contributed by atoms with Crippen molar-refractivity contribution in [1.82, 2.24) is 0 Å². The quantitative estimate of drug-likeness (QED) is 0.690. The molecule has 1 aliphatic heterocycles. The summed E-state index contributed by atoms with van der Waals surface area (Å²) in [5.74, 6) is 0. The van der Waals surface area contributed by atoms with Gasteiger partial charge in [0.15, 0.2) is 0 Å². The van der Waals surface area contributed by atoms with Gasteiger partial charge in [0.2, 0.25) is 0 Å². The lowest BCUT2D eigenvalue weighted by atomic mass is 9.83. The van der Waals surface area contributed by atoms with Crippen LogP contribution in [0.15, 0.2) is 0 Å². The molecule has 1 heterocycles. The lowest BCUT2D eigenvalue weighted by Crippen LogP contribution is -2.61. The maximum atomic E-state index is 9.83. The fourth-order valence-electron chi connectivity index (χ4n) is 1.38. The van der Waals surface area contributed by atoms with Gasteiger partial charge >= 0.3 is 0 Å². The van der Waals surface area contributed by atoms with Crippen LogP contribution in [0.4, 0.5) is 0 Å². The summed E-state index contributed by atoms with van der Waals surface area (Å²) in [7, 11) is 0. The van der Waals surface area contributed by atoms with E-state index in [1.165, 1.54) is 0 Å². The van der Waals surface area contributed by atoms with Crippen molar-refractivity contribution in [3.8, 4) is 0 Å². The molecule has 0 bridgehead atoms. The summed E-state index contributed by atoms with van der Waals surface area (Å²) < 4.78 is 4.96. The number of aliphatic hydroxyl groups is 1. The average molecular weight is 187 g/mol. The van der Waals surface area contributed by atoms with Crippen LogP contribution in [0.3, 0.4) is 0 Å². The van der Waals surface area contributed by atoms with Gasteiger partial charge in [-0.3, -0.25) is 0 Å². The minimum Gasteiger partial charge on any atom is -0.383 e. The van der Waals surface area contributed by atoms with Crippen molar-refractivity contribution in [2.45, 2.75) is 45.3 Å². The number of ether oxygens (including phenoxy) is 1. The van der Waals surface area contributed by atoms with Crippen LogP contribution in [0.1, 0.15) is 33.6 Å². The topological polar surface area (TPSA) is 55.5 Å². The molecule has 13 heavy (non-hydrogen) atoms.